The van der Waals surface area contributed by atoms with E-state index < -0.39 is 0 Å². The van der Waals surface area contributed by atoms with Crippen molar-refractivity contribution in [3.8, 4) is 0 Å². The molecule has 0 amide bonds. The van der Waals surface area contributed by atoms with E-state index in [4.69, 9.17) is 4.74 Å². The molecule has 1 rings (SSSR count). The van der Waals surface area contributed by atoms with Crippen LogP contribution in [-0.4, -0.2) is 39.4 Å². The first-order chi connectivity index (χ1) is 8.33. The molecule has 0 unspecified atom stereocenters. The van der Waals surface area contributed by atoms with Gasteiger partial charge >= 0.3 is 5.97 Å². The molecule has 0 aromatic heterocycles. The molecular formula is C13H19NO3. The summed E-state index contributed by atoms with van der Waals surface area (Å²) in [4.78, 5) is 10.9. The van der Waals surface area contributed by atoms with Gasteiger partial charge in [0.25, 0.3) is 0 Å². The number of ether oxygens (including phenoxy) is 2. The van der Waals surface area contributed by atoms with E-state index in [0.717, 1.165) is 13.0 Å². The fraction of sp³-hybridized carbons (Fsp3) is 0.462. The van der Waals surface area contributed by atoms with Gasteiger partial charge in [0.1, 0.15) is 13.2 Å². The van der Waals surface area contributed by atoms with E-state index in [-0.39, 0.29) is 12.6 Å². The van der Waals surface area contributed by atoms with E-state index in [1.807, 2.05) is 18.2 Å². The number of hydrogen-bond acceptors (Lipinski definition) is 4. The molecule has 0 bridgehead atoms. The first kappa shape index (κ1) is 13.7. The zero-order valence-corrected chi connectivity index (χ0v) is 10.1. The van der Waals surface area contributed by atoms with Crippen molar-refractivity contribution in [3.63, 3.8) is 0 Å². The lowest BCUT2D eigenvalue weighted by molar-refractivity contribution is -0.147. The maximum atomic E-state index is 10.9. The summed E-state index contributed by atoms with van der Waals surface area (Å²) in [6, 6.07) is 10.3. The van der Waals surface area contributed by atoms with E-state index in [2.05, 4.69) is 22.2 Å². The number of nitrogens with one attached hydrogen (secondary N) is 1. The van der Waals surface area contributed by atoms with Crippen molar-refractivity contribution >= 4 is 5.97 Å². The minimum absolute atomic E-state index is 0.0179. The van der Waals surface area contributed by atoms with Gasteiger partial charge in [-0.05, 0) is 18.5 Å². The second-order valence-corrected chi connectivity index (χ2v) is 3.64. The average molecular weight is 237 g/mol. The Labute approximate surface area is 102 Å². The maximum absolute atomic E-state index is 10.9. The molecule has 0 heterocycles. The smallest absolute Gasteiger partial charge is 0.332 e. The quantitative estimate of drug-likeness (QED) is 0.541. The molecule has 0 saturated heterocycles. The zero-order valence-electron chi connectivity index (χ0n) is 10.1. The van der Waals surface area contributed by atoms with E-state index in [1.165, 1.54) is 12.7 Å². The second kappa shape index (κ2) is 8.73. The van der Waals surface area contributed by atoms with Crippen LogP contribution in [0.2, 0.25) is 0 Å². The fourth-order valence-corrected chi connectivity index (χ4v) is 1.40. The van der Waals surface area contributed by atoms with Crippen LogP contribution in [0.4, 0.5) is 0 Å². The molecule has 17 heavy (non-hydrogen) atoms. The normalized spacial score (nSPS) is 10.2. The van der Waals surface area contributed by atoms with Crippen molar-refractivity contribution in [2.75, 3.05) is 33.4 Å². The van der Waals surface area contributed by atoms with E-state index in [9.17, 15) is 4.79 Å². The van der Waals surface area contributed by atoms with Gasteiger partial charge in [0.2, 0.25) is 0 Å². The van der Waals surface area contributed by atoms with Gasteiger partial charge in [0.05, 0.1) is 0 Å². The molecule has 4 heteroatoms. The Morgan fingerprint density at radius 1 is 1.24 bits per heavy atom. The molecule has 4 nitrogen and oxygen atoms in total. The lowest BCUT2D eigenvalue weighted by Crippen LogP contribution is -2.24. The molecule has 1 aromatic rings. The highest BCUT2D eigenvalue weighted by Gasteiger charge is 1.99. The van der Waals surface area contributed by atoms with Gasteiger partial charge in [-0.1, -0.05) is 30.3 Å². The Bertz CT molecular complexity index is 314. The van der Waals surface area contributed by atoms with Gasteiger partial charge in [-0.25, -0.2) is 4.79 Å². The number of methoxy groups -OCH3 is 1. The number of benzene rings is 1. The minimum Gasteiger partial charge on any atom is -0.463 e. The number of carbonyl (C=O) groups excluding carboxylic acids is 1. The van der Waals surface area contributed by atoms with Crippen LogP contribution >= 0.6 is 0 Å². The fourth-order valence-electron chi connectivity index (χ4n) is 1.40. The molecule has 94 valence electrons. The van der Waals surface area contributed by atoms with Crippen LogP contribution in [0.15, 0.2) is 30.3 Å². The standard InChI is InChI=1S/C13H19NO3/c1-16-11-13(15)17-10-9-14-8-7-12-5-3-2-4-6-12/h2-6,14H,7-11H2,1H3. The third kappa shape index (κ3) is 6.71. The molecule has 0 atom stereocenters. The van der Waals surface area contributed by atoms with Crippen molar-refractivity contribution in [2.45, 2.75) is 6.42 Å². The Hall–Kier alpha value is -1.39. The molecule has 0 spiro atoms. The van der Waals surface area contributed by atoms with Gasteiger partial charge in [-0.3, -0.25) is 0 Å². The van der Waals surface area contributed by atoms with Crippen LogP contribution in [-0.2, 0) is 20.7 Å². The third-order valence-electron chi connectivity index (χ3n) is 2.24. The summed E-state index contributed by atoms with van der Waals surface area (Å²) in [6.45, 7) is 1.95. The average Bonchev–Trinajstić information content (AvgIpc) is 2.35. The third-order valence-corrected chi connectivity index (χ3v) is 2.24. The summed E-state index contributed by atoms with van der Waals surface area (Å²) in [5.41, 5.74) is 1.30. The van der Waals surface area contributed by atoms with E-state index in [0.29, 0.717) is 13.2 Å². The predicted molar refractivity (Wildman–Crippen MR) is 65.9 cm³/mol. The van der Waals surface area contributed by atoms with Crippen molar-refractivity contribution in [1.82, 2.24) is 5.32 Å². The highest BCUT2D eigenvalue weighted by Crippen LogP contribution is 1.97. The van der Waals surface area contributed by atoms with E-state index >= 15 is 0 Å². The molecule has 0 aliphatic carbocycles. The Morgan fingerprint density at radius 3 is 2.71 bits per heavy atom. The lowest BCUT2D eigenvalue weighted by atomic mass is 10.1. The number of hydrogen-bond donors (Lipinski definition) is 1. The number of rotatable bonds is 8. The lowest BCUT2D eigenvalue weighted by Gasteiger charge is -2.06. The molecule has 0 saturated carbocycles. The van der Waals surface area contributed by atoms with Crippen LogP contribution in [0, 0.1) is 0 Å². The molecule has 1 aromatic carbocycles. The van der Waals surface area contributed by atoms with Gasteiger partial charge in [-0.15, -0.1) is 0 Å². The molecule has 0 aliphatic heterocycles. The Balaban J connectivity index is 1.96. The number of carbonyl (C=O) groups is 1. The van der Waals surface area contributed by atoms with Crippen molar-refractivity contribution < 1.29 is 14.3 Å². The zero-order chi connectivity index (χ0) is 12.3. The summed E-state index contributed by atoms with van der Waals surface area (Å²) >= 11 is 0. The van der Waals surface area contributed by atoms with Gasteiger partial charge < -0.3 is 14.8 Å². The minimum atomic E-state index is -0.322. The summed E-state index contributed by atoms with van der Waals surface area (Å²) in [5, 5.41) is 3.21. The molecule has 0 aliphatic rings. The van der Waals surface area contributed by atoms with Crippen LogP contribution < -0.4 is 5.32 Å². The van der Waals surface area contributed by atoms with Crippen molar-refractivity contribution in [1.29, 1.82) is 0 Å². The summed E-state index contributed by atoms with van der Waals surface area (Å²) in [7, 11) is 1.47. The van der Waals surface area contributed by atoms with Crippen LogP contribution in [0.3, 0.4) is 0 Å². The summed E-state index contributed by atoms with van der Waals surface area (Å²) < 4.78 is 9.55. The van der Waals surface area contributed by atoms with Crippen molar-refractivity contribution in [3.05, 3.63) is 35.9 Å². The molecular weight excluding hydrogens is 218 g/mol. The van der Waals surface area contributed by atoms with Crippen LogP contribution in [0.1, 0.15) is 5.56 Å². The monoisotopic (exact) mass is 237 g/mol. The Morgan fingerprint density at radius 2 is 2.00 bits per heavy atom. The first-order valence-electron chi connectivity index (χ1n) is 5.72. The largest absolute Gasteiger partial charge is 0.463 e. The summed E-state index contributed by atoms with van der Waals surface area (Å²) in [5.74, 6) is -0.322. The second-order valence-electron chi connectivity index (χ2n) is 3.64. The maximum Gasteiger partial charge on any atom is 0.332 e. The SMILES string of the molecule is COCC(=O)OCCNCCc1ccccc1. The molecule has 1 N–H and O–H groups in total. The summed E-state index contributed by atoms with van der Waals surface area (Å²) in [6.07, 6.45) is 0.979. The van der Waals surface area contributed by atoms with Gasteiger partial charge in [0, 0.05) is 13.7 Å². The first-order valence-corrected chi connectivity index (χ1v) is 5.72. The van der Waals surface area contributed by atoms with E-state index in [1.54, 1.807) is 0 Å². The highest BCUT2D eigenvalue weighted by molar-refractivity contribution is 5.70. The predicted octanol–water partition coefficient (Wildman–Crippen LogP) is 1.01. The van der Waals surface area contributed by atoms with Crippen LogP contribution in [0.25, 0.3) is 0 Å². The van der Waals surface area contributed by atoms with Crippen LogP contribution in [0.5, 0.6) is 0 Å². The highest BCUT2D eigenvalue weighted by atomic mass is 16.6. The topological polar surface area (TPSA) is 47.6 Å². The van der Waals surface area contributed by atoms with Gasteiger partial charge in [-0.2, -0.15) is 0 Å². The van der Waals surface area contributed by atoms with Crippen molar-refractivity contribution in [2.24, 2.45) is 0 Å². The molecule has 0 radical (unpaired) electrons. The van der Waals surface area contributed by atoms with Gasteiger partial charge in [0.15, 0.2) is 0 Å². The Kier molecular flexibility index (Phi) is 7.02. The number of esters is 1. The molecule has 0 fully saturated rings.